The van der Waals surface area contributed by atoms with Gasteiger partial charge in [-0.1, -0.05) is 25.5 Å². The number of ether oxygens (including phenoxy) is 4. The molecule has 170 valence electrons. The third-order valence-corrected chi connectivity index (χ3v) is 4.94. The predicted molar refractivity (Wildman–Crippen MR) is 96.4 cm³/mol. The highest BCUT2D eigenvalue weighted by atomic mass is 16.8. The molecule has 0 aliphatic carbocycles. The highest BCUT2D eigenvalue weighted by molar-refractivity contribution is 4.94. The van der Waals surface area contributed by atoms with E-state index in [1.54, 1.807) is 6.08 Å². The lowest BCUT2D eigenvalue weighted by atomic mass is 9.97. The molecule has 0 bridgehead atoms. The SMILES string of the molecule is CCC/C=C/CO[C@@H]1O[C@H](CO)[C@H](O)[C@H](O)[C@H]1O[C@@H]1O[C@H](CO)[C@H](O)[C@H](O)[C@H]1O. The molecule has 0 unspecified atom stereocenters. The van der Waals surface area contributed by atoms with Crippen molar-refractivity contribution in [3.05, 3.63) is 12.2 Å². The van der Waals surface area contributed by atoms with Crippen LogP contribution in [-0.2, 0) is 18.9 Å². The number of aliphatic hydroxyl groups excluding tert-OH is 7. The number of hydrogen-bond donors (Lipinski definition) is 7. The first kappa shape index (κ1) is 24.6. The van der Waals surface area contributed by atoms with Gasteiger partial charge in [0.2, 0.25) is 0 Å². The fourth-order valence-corrected chi connectivity index (χ4v) is 3.17. The molecule has 2 fully saturated rings. The predicted octanol–water partition coefficient (Wildman–Crippen LogP) is -3.02. The van der Waals surface area contributed by atoms with E-state index in [9.17, 15) is 35.7 Å². The van der Waals surface area contributed by atoms with Crippen molar-refractivity contribution < 1.29 is 54.7 Å². The molecule has 0 amide bonds. The molecule has 0 saturated carbocycles. The number of hydrogen-bond acceptors (Lipinski definition) is 11. The topological polar surface area (TPSA) is 179 Å². The van der Waals surface area contributed by atoms with Gasteiger partial charge in [-0.15, -0.1) is 0 Å². The number of allylic oxidation sites excluding steroid dienone is 1. The van der Waals surface area contributed by atoms with Crippen molar-refractivity contribution >= 4 is 0 Å². The second kappa shape index (κ2) is 11.6. The fraction of sp³-hybridized carbons (Fsp3) is 0.889. The summed E-state index contributed by atoms with van der Waals surface area (Å²) in [6.07, 6.45) is -9.03. The van der Waals surface area contributed by atoms with E-state index in [1.807, 2.05) is 13.0 Å². The van der Waals surface area contributed by atoms with Gasteiger partial charge in [0, 0.05) is 0 Å². The van der Waals surface area contributed by atoms with E-state index in [-0.39, 0.29) is 6.61 Å². The van der Waals surface area contributed by atoms with Gasteiger partial charge in [-0.3, -0.25) is 0 Å². The Hall–Kier alpha value is -0.700. The van der Waals surface area contributed by atoms with Gasteiger partial charge in [-0.2, -0.15) is 0 Å². The number of aliphatic hydroxyl groups is 7. The van der Waals surface area contributed by atoms with E-state index in [1.165, 1.54) is 0 Å². The van der Waals surface area contributed by atoms with Crippen LogP contribution < -0.4 is 0 Å². The molecule has 0 aromatic carbocycles. The first-order chi connectivity index (χ1) is 13.8. The van der Waals surface area contributed by atoms with Crippen LogP contribution in [-0.4, -0.2) is 117 Å². The highest BCUT2D eigenvalue weighted by Crippen LogP contribution is 2.29. The average Bonchev–Trinajstić information content (AvgIpc) is 2.72. The van der Waals surface area contributed by atoms with Crippen LogP contribution in [0.4, 0.5) is 0 Å². The van der Waals surface area contributed by atoms with Crippen molar-refractivity contribution in [1.29, 1.82) is 0 Å². The summed E-state index contributed by atoms with van der Waals surface area (Å²) in [5, 5.41) is 69.1. The minimum atomic E-state index is -1.70. The van der Waals surface area contributed by atoms with Gasteiger partial charge < -0.3 is 54.7 Å². The van der Waals surface area contributed by atoms with Crippen LogP contribution in [0.1, 0.15) is 19.8 Å². The molecule has 29 heavy (non-hydrogen) atoms. The quantitative estimate of drug-likeness (QED) is 0.187. The van der Waals surface area contributed by atoms with Gasteiger partial charge >= 0.3 is 0 Å². The van der Waals surface area contributed by atoms with Crippen LogP contribution in [0.15, 0.2) is 12.2 Å². The molecule has 2 rings (SSSR count). The molecule has 0 spiro atoms. The van der Waals surface area contributed by atoms with E-state index in [2.05, 4.69) is 0 Å². The third kappa shape index (κ3) is 5.93. The summed E-state index contributed by atoms with van der Waals surface area (Å²) in [6.45, 7) is 0.895. The second-order valence-electron chi connectivity index (χ2n) is 7.10. The molecule has 11 nitrogen and oxygen atoms in total. The van der Waals surface area contributed by atoms with Crippen molar-refractivity contribution in [2.45, 2.75) is 81.2 Å². The Morgan fingerprint density at radius 1 is 0.759 bits per heavy atom. The molecular weight excluding hydrogens is 392 g/mol. The summed E-state index contributed by atoms with van der Waals surface area (Å²) in [6, 6.07) is 0. The average molecular weight is 424 g/mol. The minimum absolute atomic E-state index is 0.0974. The summed E-state index contributed by atoms with van der Waals surface area (Å²) in [7, 11) is 0. The second-order valence-corrected chi connectivity index (χ2v) is 7.10. The van der Waals surface area contributed by atoms with Crippen LogP contribution in [0.3, 0.4) is 0 Å². The first-order valence-corrected chi connectivity index (χ1v) is 9.70. The molecule has 0 aromatic heterocycles. The zero-order valence-corrected chi connectivity index (χ0v) is 16.2. The zero-order valence-electron chi connectivity index (χ0n) is 16.2. The van der Waals surface area contributed by atoms with Crippen molar-refractivity contribution in [2.75, 3.05) is 19.8 Å². The lowest BCUT2D eigenvalue weighted by molar-refractivity contribution is -0.366. The van der Waals surface area contributed by atoms with Crippen LogP contribution in [0.2, 0.25) is 0 Å². The molecule has 2 aliphatic rings. The largest absolute Gasteiger partial charge is 0.394 e. The number of rotatable bonds is 9. The summed E-state index contributed by atoms with van der Waals surface area (Å²) in [5.41, 5.74) is 0. The van der Waals surface area contributed by atoms with Gasteiger partial charge in [0.15, 0.2) is 12.6 Å². The van der Waals surface area contributed by atoms with E-state index in [4.69, 9.17) is 18.9 Å². The van der Waals surface area contributed by atoms with Crippen LogP contribution in [0, 0.1) is 0 Å². The lowest BCUT2D eigenvalue weighted by Crippen LogP contribution is -2.64. The van der Waals surface area contributed by atoms with Crippen molar-refractivity contribution in [3.8, 4) is 0 Å². The fourth-order valence-electron chi connectivity index (χ4n) is 3.17. The summed E-state index contributed by atoms with van der Waals surface area (Å²) < 4.78 is 21.8. The molecule has 2 saturated heterocycles. The third-order valence-electron chi connectivity index (χ3n) is 4.94. The van der Waals surface area contributed by atoms with Gasteiger partial charge in [0.25, 0.3) is 0 Å². The standard InChI is InChI=1S/C18H32O11/c1-2-3-4-5-6-26-18-16(14(24)12(22)10(8-20)28-18)29-17-15(25)13(23)11(21)9(7-19)27-17/h4-5,9-25H,2-3,6-8H2,1H3/b5-4+/t9-,10-,11+,12+,13+,14+,15-,16-,17+,18-/m1/s1. The zero-order chi connectivity index (χ0) is 21.6. The molecule has 7 N–H and O–H groups in total. The minimum Gasteiger partial charge on any atom is -0.394 e. The maximum atomic E-state index is 10.4. The van der Waals surface area contributed by atoms with Gasteiger partial charge in [0.05, 0.1) is 19.8 Å². The number of unbranched alkanes of at least 4 members (excludes halogenated alkanes) is 1. The van der Waals surface area contributed by atoms with Crippen molar-refractivity contribution in [1.82, 2.24) is 0 Å². The normalized spacial score (nSPS) is 43.7. The molecule has 0 aromatic rings. The molecule has 0 radical (unpaired) electrons. The van der Waals surface area contributed by atoms with E-state index < -0.39 is 74.6 Å². The van der Waals surface area contributed by atoms with Crippen LogP contribution in [0.5, 0.6) is 0 Å². The molecule has 2 aliphatic heterocycles. The highest BCUT2D eigenvalue weighted by Gasteiger charge is 2.50. The molecule has 10 atom stereocenters. The Morgan fingerprint density at radius 2 is 1.34 bits per heavy atom. The van der Waals surface area contributed by atoms with E-state index in [0.29, 0.717) is 0 Å². The van der Waals surface area contributed by atoms with E-state index in [0.717, 1.165) is 12.8 Å². The molecule has 2 heterocycles. The molecule has 11 heteroatoms. The maximum Gasteiger partial charge on any atom is 0.187 e. The summed E-state index contributed by atoms with van der Waals surface area (Å²) in [5.74, 6) is 0. The van der Waals surface area contributed by atoms with Crippen LogP contribution in [0.25, 0.3) is 0 Å². The lowest BCUT2D eigenvalue weighted by Gasteiger charge is -2.45. The summed E-state index contributed by atoms with van der Waals surface area (Å²) in [4.78, 5) is 0. The van der Waals surface area contributed by atoms with Gasteiger partial charge in [-0.25, -0.2) is 0 Å². The smallest absolute Gasteiger partial charge is 0.187 e. The van der Waals surface area contributed by atoms with Crippen molar-refractivity contribution in [3.63, 3.8) is 0 Å². The van der Waals surface area contributed by atoms with Gasteiger partial charge in [-0.05, 0) is 6.42 Å². The van der Waals surface area contributed by atoms with Crippen LogP contribution >= 0.6 is 0 Å². The first-order valence-electron chi connectivity index (χ1n) is 9.70. The van der Waals surface area contributed by atoms with E-state index >= 15 is 0 Å². The Labute approximate surface area is 168 Å². The Kier molecular flexibility index (Phi) is 9.85. The summed E-state index contributed by atoms with van der Waals surface area (Å²) >= 11 is 0. The Bertz CT molecular complexity index is 502. The van der Waals surface area contributed by atoms with Crippen molar-refractivity contribution in [2.24, 2.45) is 0 Å². The molecular formula is C18H32O11. The maximum absolute atomic E-state index is 10.4. The Morgan fingerprint density at radius 3 is 1.93 bits per heavy atom. The van der Waals surface area contributed by atoms with Gasteiger partial charge in [0.1, 0.15) is 48.8 Å². The Balaban J connectivity index is 2.11. The monoisotopic (exact) mass is 424 g/mol.